The molecule has 0 aliphatic heterocycles. The quantitative estimate of drug-likeness (QED) is 0.669. The summed E-state index contributed by atoms with van der Waals surface area (Å²) >= 11 is 5.99. The molecule has 1 heterocycles. The Morgan fingerprint density at radius 3 is 2.90 bits per heavy atom. The average Bonchev–Trinajstić information content (AvgIpc) is 2.46. The summed E-state index contributed by atoms with van der Waals surface area (Å²) in [5, 5.41) is 17.3. The Hall–Kier alpha value is -2.65. The molecule has 0 atom stereocenters. The Morgan fingerprint density at radius 1 is 1.45 bits per heavy atom. The van der Waals surface area contributed by atoms with Gasteiger partial charge in [-0.15, -0.1) is 5.10 Å². The maximum atomic E-state index is 8.83. The van der Waals surface area contributed by atoms with Gasteiger partial charge in [0.05, 0.1) is 12.4 Å². The molecule has 0 aliphatic rings. The van der Waals surface area contributed by atoms with Crippen molar-refractivity contribution < 1.29 is 0 Å². The maximum absolute atomic E-state index is 8.83. The molecular weight excluding hydrogens is 276 g/mol. The van der Waals surface area contributed by atoms with Gasteiger partial charge in [0.25, 0.3) is 5.62 Å². The molecule has 0 fully saturated rings. The highest BCUT2D eigenvalue weighted by atomic mass is 35.5. The highest BCUT2D eigenvalue weighted by Gasteiger charge is 2.02. The molecule has 1 aromatic carbocycles. The van der Waals surface area contributed by atoms with E-state index in [0.717, 1.165) is 5.56 Å². The minimum Gasteiger partial charge on any atom is -0.384 e. The third kappa shape index (κ3) is 2.84. The van der Waals surface area contributed by atoms with Gasteiger partial charge in [-0.1, -0.05) is 29.8 Å². The third-order valence-corrected chi connectivity index (χ3v) is 2.96. The molecule has 0 radical (unpaired) electrons. The molecular formula is C13H11ClN6. The SMILES string of the molecule is Cn1c(N)c(C#N)cn/c1=N\N=C/c1ccccc1Cl. The van der Waals surface area contributed by atoms with E-state index >= 15 is 0 Å². The van der Waals surface area contributed by atoms with Crippen molar-refractivity contribution in [3.05, 3.63) is 52.2 Å². The van der Waals surface area contributed by atoms with Crippen LogP contribution in [-0.2, 0) is 7.05 Å². The Labute approximate surface area is 120 Å². The van der Waals surface area contributed by atoms with Crippen LogP contribution in [0.4, 0.5) is 5.82 Å². The van der Waals surface area contributed by atoms with Crippen LogP contribution in [0.5, 0.6) is 0 Å². The largest absolute Gasteiger partial charge is 0.384 e. The van der Waals surface area contributed by atoms with Crippen LogP contribution in [0.3, 0.4) is 0 Å². The van der Waals surface area contributed by atoms with Gasteiger partial charge in [-0.3, -0.25) is 4.57 Å². The van der Waals surface area contributed by atoms with Crippen molar-refractivity contribution in [2.45, 2.75) is 0 Å². The van der Waals surface area contributed by atoms with Gasteiger partial charge < -0.3 is 5.73 Å². The lowest BCUT2D eigenvalue weighted by atomic mass is 10.2. The van der Waals surface area contributed by atoms with E-state index in [1.165, 1.54) is 17.0 Å². The van der Waals surface area contributed by atoms with Gasteiger partial charge in [0.15, 0.2) is 0 Å². The number of hydrogen-bond donors (Lipinski definition) is 1. The van der Waals surface area contributed by atoms with Crippen molar-refractivity contribution in [3.63, 3.8) is 0 Å². The molecule has 2 rings (SSSR count). The van der Waals surface area contributed by atoms with E-state index < -0.39 is 0 Å². The summed E-state index contributed by atoms with van der Waals surface area (Å²) in [5.41, 5.74) is 7.11. The van der Waals surface area contributed by atoms with Crippen LogP contribution in [0.25, 0.3) is 0 Å². The number of rotatable bonds is 2. The average molecular weight is 287 g/mol. The predicted molar refractivity (Wildman–Crippen MR) is 76.9 cm³/mol. The molecule has 0 amide bonds. The van der Waals surface area contributed by atoms with Crippen LogP contribution >= 0.6 is 11.6 Å². The number of anilines is 1. The summed E-state index contributed by atoms with van der Waals surface area (Å²) in [4.78, 5) is 4.01. The van der Waals surface area contributed by atoms with E-state index in [9.17, 15) is 0 Å². The molecule has 1 aromatic heterocycles. The van der Waals surface area contributed by atoms with Gasteiger partial charge in [-0.25, -0.2) is 4.98 Å². The molecule has 100 valence electrons. The highest BCUT2D eigenvalue weighted by molar-refractivity contribution is 6.33. The first-order chi connectivity index (χ1) is 9.63. The number of benzene rings is 1. The topological polar surface area (TPSA) is 92.3 Å². The molecule has 0 bridgehead atoms. The molecule has 20 heavy (non-hydrogen) atoms. The number of nitriles is 1. The van der Waals surface area contributed by atoms with Crippen LogP contribution in [0.1, 0.15) is 11.1 Å². The first-order valence-electron chi connectivity index (χ1n) is 5.66. The molecule has 0 unspecified atom stereocenters. The zero-order valence-electron chi connectivity index (χ0n) is 10.7. The summed E-state index contributed by atoms with van der Waals surface area (Å²) in [7, 11) is 1.66. The second kappa shape index (κ2) is 5.99. The van der Waals surface area contributed by atoms with E-state index in [1.807, 2.05) is 24.3 Å². The van der Waals surface area contributed by atoms with Gasteiger partial charge in [-0.2, -0.15) is 10.4 Å². The molecule has 0 spiro atoms. The lowest BCUT2D eigenvalue weighted by Crippen LogP contribution is -2.24. The zero-order valence-corrected chi connectivity index (χ0v) is 11.4. The van der Waals surface area contributed by atoms with Crippen molar-refractivity contribution in [2.24, 2.45) is 17.3 Å². The van der Waals surface area contributed by atoms with Crippen LogP contribution in [0.15, 0.2) is 40.7 Å². The summed E-state index contributed by atoms with van der Waals surface area (Å²) < 4.78 is 1.49. The molecule has 2 aromatic rings. The summed E-state index contributed by atoms with van der Waals surface area (Å²) in [6, 6.07) is 9.22. The van der Waals surface area contributed by atoms with Crippen molar-refractivity contribution >= 4 is 23.6 Å². The minimum atomic E-state index is 0.286. The highest BCUT2D eigenvalue weighted by Crippen LogP contribution is 2.12. The van der Waals surface area contributed by atoms with Gasteiger partial charge >= 0.3 is 0 Å². The summed E-state index contributed by atoms with van der Waals surface area (Å²) in [6.45, 7) is 0. The molecule has 0 saturated heterocycles. The van der Waals surface area contributed by atoms with Crippen LogP contribution in [0.2, 0.25) is 5.02 Å². The number of nitrogens with two attached hydrogens (primary N) is 1. The number of nitrogens with zero attached hydrogens (tertiary/aromatic N) is 5. The first-order valence-corrected chi connectivity index (χ1v) is 6.04. The Morgan fingerprint density at radius 2 is 2.20 bits per heavy atom. The lowest BCUT2D eigenvalue weighted by molar-refractivity contribution is 0.773. The molecule has 2 N–H and O–H groups in total. The van der Waals surface area contributed by atoms with Gasteiger partial charge in [-0.05, 0) is 6.07 Å². The monoisotopic (exact) mass is 286 g/mol. The van der Waals surface area contributed by atoms with E-state index in [1.54, 1.807) is 13.1 Å². The van der Waals surface area contributed by atoms with E-state index in [0.29, 0.717) is 16.2 Å². The smallest absolute Gasteiger partial charge is 0.250 e. The third-order valence-electron chi connectivity index (χ3n) is 2.62. The standard InChI is InChI=1S/C13H11ClN6/c1-20-12(16)10(6-15)7-17-13(20)19-18-8-9-4-2-3-5-11(9)14/h2-5,7-8H,16H2,1H3/b18-8-,19-13+. The number of nitrogen functional groups attached to an aromatic ring is 1. The molecule has 6 nitrogen and oxygen atoms in total. The number of hydrogen-bond acceptors (Lipinski definition) is 5. The fraction of sp³-hybridized carbons (Fsp3) is 0.0769. The van der Waals surface area contributed by atoms with Crippen molar-refractivity contribution in [3.8, 4) is 6.07 Å². The molecule has 0 saturated carbocycles. The second-order valence-electron chi connectivity index (χ2n) is 3.89. The number of halogens is 1. The van der Waals surface area contributed by atoms with E-state index in [4.69, 9.17) is 22.6 Å². The predicted octanol–water partition coefficient (Wildman–Crippen LogP) is 1.46. The molecule has 0 aliphatic carbocycles. The van der Waals surface area contributed by atoms with Gasteiger partial charge in [0, 0.05) is 17.6 Å². The van der Waals surface area contributed by atoms with Crippen molar-refractivity contribution in [2.75, 3.05) is 5.73 Å². The van der Waals surface area contributed by atoms with Crippen LogP contribution in [-0.4, -0.2) is 15.8 Å². The first kappa shape index (κ1) is 13.8. The van der Waals surface area contributed by atoms with Crippen LogP contribution in [0, 0.1) is 11.3 Å². The molecule has 7 heteroatoms. The lowest BCUT2D eigenvalue weighted by Gasteiger charge is -2.03. The fourth-order valence-electron chi connectivity index (χ4n) is 1.46. The fourth-order valence-corrected chi connectivity index (χ4v) is 1.65. The second-order valence-corrected chi connectivity index (χ2v) is 4.30. The van der Waals surface area contributed by atoms with Crippen molar-refractivity contribution in [1.82, 2.24) is 9.55 Å². The summed E-state index contributed by atoms with van der Waals surface area (Å²) in [6.07, 6.45) is 2.89. The van der Waals surface area contributed by atoms with Gasteiger partial charge in [0.2, 0.25) is 0 Å². The van der Waals surface area contributed by atoms with E-state index in [2.05, 4.69) is 15.2 Å². The normalized spacial score (nSPS) is 11.8. The minimum absolute atomic E-state index is 0.286. The Kier molecular flexibility index (Phi) is 4.13. The Bertz CT molecular complexity index is 769. The van der Waals surface area contributed by atoms with Crippen molar-refractivity contribution in [1.29, 1.82) is 5.26 Å². The number of aromatic nitrogens is 2. The van der Waals surface area contributed by atoms with E-state index in [-0.39, 0.29) is 5.82 Å². The Balaban J connectivity index is 2.36. The van der Waals surface area contributed by atoms with Crippen LogP contribution < -0.4 is 11.4 Å². The summed E-state index contributed by atoms with van der Waals surface area (Å²) in [5.74, 6) is 0.286. The van der Waals surface area contributed by atoms with Gasteiger partial charge in [0.1, 0.15) is 17.5 Å². The maximum Gasteiger partial charge on any atom is 0.250 e. The zero-order chi connectivity index (χ0) is 14.5.